The van der Waals surface area contributed by atoms with Gasteiger partial charge in [0.2, 0.25) is 0 Å². The van der Waals surface area contributed by atoms with Crippen LogP contribution in [0.3, 0.4) is 0 Å². The Morgan fingerprint density at radius 2 is 1.77 bits per heavy atom. The zero-order valence-electron chi connectivity index (χ0n) is 13.7. The highest BCUT2D eigenvalue weighted by molar-refractivity contribution is 6.39. The number of anilines is 3. The highest BCUT2D eigenvalue weighted by Crippen LogP contribution is 2.30. The van der Waals surface area contributed by atoms with Crippen LogP contribution in [0.25, 0.3) is 0 Å². The van der Waals surface area contributed by atoms with E-state index in [2.05, 4.69) is 20.6 Å². The standard InChI is InChI=1S/C18H14Cl2N4O2/c1-26-12-5-2-4-11(8-12)23-16-10-21-15(9-22-16)18(25)24-17-13(19)6-3-7-14(17)20/h2-10H,1H3,(H,22,23)(H,24,25). The minimum atomic E-state index is -0.458. The molecule has 0 aliphatic rings. The molecule has 132 valence electrons. The average Bonchev–Trinajstić information content (AvgIpc) is 2.65. The number of amides is 1. The summed E-state index contributed by atoms with van der Waals surface area (Å²) >= 11 is 12.1. The predicted molar refractivity (Wildman–Crippen MR) is 103 cm³/mol. The van der Waals surface area contributed by atoms with Crippen molar-refractivity contribution in [1.29, 1.82) is 0 Å². The van der Waals surface area contributed by atoms with Crippen molar-refractivity contribution in [2.75, 3.05) is 17.7 Å². The number of halogens is 2. The van der Waals surface area contributed by atoms with Crippen LogP contribution in [0.15, 0.2) is 54.9 Å². The predicted octanol–water partition coefficient (Wildman–Crippen LogP) is 4.79. The first-order valence-corrected chi connectivity index (χ1v) is 8.31. The maximum atomic E-state index is 12.3. The van der Waals surface area contributed by atoms with E-state index in [-0.39, 0.29) is 5.69 Å². The Balaban J connectivity index is 1.71. The largest absolute Gasteiger partial charge is 0.497 e. The van der Waals surface area contributed by atoms with E-state index in [1.165, 1.54) is 12.4 Å². The number of para-hydroxylation sites is 1. The first kappa shape index (κ1) is 18.0. The quantitative estimate of drug-likeness (QED) is 0.656. The number of carbonyl (C=O) groups is 1. The molecule has 8 heteroatoms. The number of benzene rings is 2. The van der Waals surface area contributed by atoms with Gasteiger partial charge in [0, 0.05) is 11.8 Å². The van der Waals surface area contributed by atoms with E-state index >= 15 is 0 Å². The number of rotatable bonds is 5. The van der Waals surface area contributed by atoms with E-state index in [4.69, 9.17) is 27.9 Å². The summed E-state index contributed by atoms with van der Waals surface area (Å²) in [6.45, 7) is 0. The van der Waals surface area contributed by atoms with Crippen molar-refractivity contribution in [3.05, 3.63) is 70.6 Å². The first-order valence-electron chi connectivity index (χ1n) is 7.55. The van der Waals surface area contributed by atoms with Crippen molar-refractivity contribution in [2.24, 2.45) is 0 Å². The molecule has 1 amide bonds. The van der Waals surface area contributed by atoms with Crippen LogP contribution in [-0.2, 0) is 0 Å². The number of carbonyl (C=O) groups excluding carboxylic acids is 1. The van der Waals surface area contributed by atoms with E-state index in [0.717, 1.165) is 11.4 Å². The Hall–Kier alpha value is -2.83. The molecule has 0 aliphatic heterocycles. The summed E-state index contributed by atoms with van der Waals surface area (Å²) < 4.78 is 5.17. The molecule has 0 atom stereocenters. The van der Waals surface area contributed by atoms with Gasteiger partial charge in [0.25, 0.3) is 5.91 Å². The summed E-state index contributed by atoms with van der Waals surface area (Å²) in [7, 11) is 1.59. The Morgan fingerprint density at radius 1 is 1.04 bits per heavy atom. The molecular weight excluding hydrogens is 375 g/mol. The first-order chi connectivity index (χ1) is 12.6. The average molecular weight is 389 g/mol. The Bertz CT molecular complexity index is 912. The lowest BCUT2D eigenvalue weighted by Crippen LogP contribution is -2.15. The second kappa shape index (κ2) is 8.03. The summed E-state index contributed by atoms with van der Waals surface area (Å²) in [5.41, 5.74) is 1.26. The molecule has 3 rings (SSSR count). The SMILES string of the molecule is COc1cccc(Nc2cnc(C(=O)Nc3c(Cl)cccc3Cl)cn2)c1. The van der Waals surface area contributed by atoms with Gasteiger partial charge in [-0.1, -0.05) is 35.3 Å². The smallest absolute Gasteiger partial charge is 0.275 e. The third-order valence-electron chi connectivity index (χ3n) is 3.43. The van der Waals surface area contributed by atoms with Crippen LogP contribution in [-0.4, -0.2) is 23.0 Å². The minimum absolute atomic E-state index is 0.136. The molecule has 0 unspecified atom stereocenters. The van der Waals surface area contributed by atoms with Crippen LogP contribution < -0.4 is 15.4 Å². The van der Waals surface area contributed by atoms with Gasteiger partial charge in [-0.05, 0) is 24.3 Å². The van der Waals surface area contributed by atoms with E-state index in [1.54, 1.807) is 25.3 Å². The summed E-state index contributed by atoms with van der Waals surface area (Å²) in [5.74, 6) is 0.751. The second-order valence-electron chi connectivity index (χ2n) is 5.19. The van der Waals surface area contributed by atoms with Crippen molar-refractivity contribution in [2.45, 2.75) is 0 Å². The third kappa shape index (κ3) is 4.22. The number of methoxy groups -OCH3 is 1. The van der Waals surface area contributed by atoms with E-state index in [1.807, 2.05) is 24.3 Å². The molecule has 6 nitrogen and oxygen atoms in total. The lowest BCUT2D eigenvalue weighted by atomic mass is 10.3. The van der Waals surface area contributed by atoms with Gasteiger partial charge >= 0.3 is 0 Å². The Morgan fingerprint density at radius 3 is 2.42 bits per heavy atom. The molecule has 0 bridgehead atoms. The normalized spacial score (nSPS) is 10.3. The van der Waals surface area contributed by atoms with E-state index < -0.39 is 5.91 Å². The molecule has 1 heterocycles. The fourth-order valence-electron chi connectivity index (χ4n) is 2.15. The summed E-state index contributed by atoms with van der Waals surface area (Å²) in [6.07, 6.45) is 2.82. The molecule has 2 aromatic carbocycles. The molecular formula is C18H14Cl2N4O2. The number of hydrogen-bond donors (Lipinski definition) is 2. The van der Waals surface area contributed by atoms with Crippen LogP contribution in [0.5, 0.6) is 5.75 Å². The zero-order valence-corrected chi connectivity index (χ0v) is 15.2. The van der Waals surface area contributed by atoms with Crippen molar-refractivity contribution >= 4 is 46.3 Å². The van der Waals surface area contributed by atoms with Crippen molar-refractivity contribution in [3.8, 4) is 5.75 Å². The van der Waals surface area contributed by atoms with Crippen molar-refractivity contribution in [1.82, 2.24) is 9.97 Å². The highest BCUT2D eigenvalue weighted by Gasteiger charge is 2.13. The molecule has 0 saturated carbocycles. The van der Waals surface area contributed by atoms with Gasteiger partial charge in [0.15, 0.2) is 0 Å². The molecule has 1 aromatic heterocycles. The van der Waals surface area contributed by atoms with Gasteiger partial charge in [0.05, 0.1) is 35.2 Å². The fraction of sp³-hybridized carbons (Fsp3) is 0.0556. The van der Waals surface area contributed by atoms with Crippen LogP contribution in [0.1, 0.15) is 10.5 Å². The lowest BCUT2D eigenvalue weighted by Gasteiger charge is -2.09. The molecule has 26 heavy (non-hydrogen) atoms. The van der Waals surface area contributed by atoms with Gasteiger partial charge in [-0.2, -0.15) is 0 Å². The lowest BCUT2D eigenvalue weighted by molar-refractivity contribution is 0.102. The Labute approximate surface area is 160 Å². The number of nitrogens with zero attached hydrogens (tertiary/aromatic N) is 2. The summed E-state index contributed by atoms with van der Waals surface area (Å²) in [5, 5.41) is 6.41. The number of aromatic nitrogens is 2. The number of ether oxygens (including phenoxy) is 1. The minimum Gasteiger partial charge on any atom is -0.497 e. The maximum Gasteiger partial charge on any atom is 0.275 e. The van der Waals surface area contributed by atoms with Gasteiger partial charge in [-0.3, -0.25) is 4.79 Å². The van der Waals surface area contributed by atoms with Crippen LogP contribution in [0.4, 0.5) is 17.2 Å². The van der Waals surface area contributed by atoms with E-state index in [9.17, 15) is 4.79 Å². The molecule has 0 aliphatic carbocycles. The fourth-order valence-corrected chi connectivity index (χ4v) is 2.65. The molecule has 3 aromatic rings. The summed E-state index contributed by atoms with van der Waals surface area (Å²) in [4.78, 5) is 20.6. The highest BCUT2D eigenvalue weighted by atomic mass is 35.5. The monoisotopic (exact) mass is 388 g/mol. The molecule has 0 fully saturated rings. The van der Waals surface area contributed by atoms with Crippen LogP contribution in [0.2, 0.25) is 10.0 Å². The third-order valence-corrected chi connectivity index (χ3v) is 4.06. The Kier molecular flexibility index (Phi) is 5.55. The number of nitrogens with one attached hydrogen (secondary N) is 2. The van der Waals surface area contributed by atoms with Gasteiger partial charge in [-0.25, -0.2) is 9.97 Å². The number of hydrogen-bond acceptors (Lipinski definition) is 5. The summed E-state index contributed by atoms with van der Waals surface area (Å²) in [6, 6.07) is 12.3. The molecule has 0 spiro atoms. The van der Waals surface area contributed by atoms with Crippen molar-refractivity contribution in [3.63, 3.8) is 0 Å². The topological polar surface area (TPSA) is 76.1 Å². The molecule has 0 saturated heterocycles. The zero-order chi connectivity index (χ0) is 18.5. The molecule has 2 N–H and O–H groups in total. The second-order valence-corrected chi connectivity index (χ2v) is 6.01. The van der Waals surface area contributed by atoms with Gasteiger partial charge in [0.1, 0.15) is 17.3 Å². The van der Waals surface area contributed by atoms with E-state index in [0.29, 0.717) is 21.6 Å². The molecule has 0 radical (unpaired) electrons. The van der Waals surface area contributed by atoms with Gasteiger partial charge < -0.3 is 15.4 Å². The van der Waals surface area contributed by atoms with Gasteiger partial charge in [-0.15, -0.1) is 0 Å². The van der Waals surface area contributed by atoms with Crippen LogP contribution in [0, 0.1) is 0 Å². The van der Waals surface area contributed by atoms with Crippen LogP contribution >= 0.6 is 23.2 Å². The van der Waals surface area contributed by atoms with Crippen molar-refractivity contribution < 1.29 is 9.53 Å². The maximum absolute atomic E-state index is 12.3.